The van der Waals surface area contributed by atoms with Gasteiger partial charge >= 0.3 is 12.0 Å². The molecule has 146 valence electrons. The maximum absolute atomic E-state index is 13.0. The van der Waals surface area contributed by atoms with Gasteiger partial charge in [0.05, 0.1) is 7.11 Å². The Morgan fingerprint density at radius 3 is 2.61 bits per heavy atom. The average Bonchev–Trinajstić information content (AvgIpc) is 2.72. The normalized spacial score (nSPS) is 21.4. The van der Waals surface area contributed by atoms with Crippen LogP contribution in [-0.4, -0.2) is 41.7 Å². The maximum atomic E-state index is 13.0. The minimum absolute atomic E-state index is 0.0138. The second-order valence-electron chi connectivity index (χ2n) is 7.42. The number of carbonyl (C=O) groups is 2. The lowest BCUT2D eigenvalue weighted by Gasteiger charge is -2.42. The van der Waals surface area contributed by atoms with Crippen LogP contribution in [0.1, 0.15) is 29.6 Å². The molecule has 3 heterocycles. The van der Waals surface area contributed by atoms with Gasteiger partial charge in [-0.25, -0.2) is 9.59 Å². The van der Waals surface area contributed by atoms with Gasteiger partial charge in [-0.3, -0.25) is 4.79 Å². The zero-order valence-electron chi connectivity index (χ0n) is 15.7. The van der Waals surface area contributed by atoms with E-state index in [-0.39, 0.29) is 23.4 Å². The first kappa shape index (κ1) is 18.3. The molecule has 0 unspecified atom stereocenters. The lowest BCUT2D eigenvalue weighted by Crippen LogP contribution is -2.53. The number of methoxy groups -OCH3 is 1. The van der Waals surface area contributed by atoms with Crippen molar-refractivity contribution in [1.29, 1.82) is 0 Å². The topological polar surface area (TPSA) is 80.6 Å². The summed E-state index contributed by atoms with van der Waals surface area (Å²) in [7, 11) is 1.31. The van der Waals surface area contributed by atoms with Crippen LogP contribution in [0.15, 0.2) is 53.3 Å². The fourth-order valence-corrected chi connectivity index (χ4v) is 4.32. The van der Waals surface area contributed by atoms with Crippen molar-refractivity contribution >= 4 is 12.0 Å². The first-order valence-electron chi connectivity index (χ1n) is 9.44. The minimum atomic E-state index is -0.852. The van der Waals surface area contributed by atoms with Crippen molar-refractivity contribution in [3.8, 4) is 0 Å². The van der Waals surface area contributed by atoms with E-state index in [1.807, 2.05) is 28.8 Å². The monoisotopic (exact) mass is 381 g/mol. The van der Waals surface area contributed by atoms with Crippen LogP contribution < -0.4 is 10.9 Å². The zero-order valence-corrected chi connectivity index (χ0v) is 15.7. The Morgan fingerprint density at radius 2 is 1.86 bits per heavy atom. The highest BCUT2D eigenvalue weighted by Gasteiger charge is 2.37. The third-order valence-corrected chi connectivity index (χ3v) is 5.60. The van der Waals surface area contributed by atoms with Gasteiger partial charge in [0.15, 0.2) is 6.04 Å². The van der Waals surface area contributed by atoms with E-state index in [1.165, 1.54) is 7.11 Å². The first-order chi connectivity index (χ1) is 13.6. The molecule has 7 nitrogen and oxygen atoms in total. The van der Waals surface area contributed by atoms with Crippen LogP contribution in [0.25, 0.3) is 0 Å². The lowest BCUT2D eigenvalue weighted by atomic mass is 9.83. The lowest BCUT2D eigenvalue weighted by molar-refractivity contribution is -0.143. The third-order valence-electron chi connectivity index (χ3n) is 5.60. The van der Waals surface area contributed by atoms with Crippen LogP contribution in [0.4, 0.5) is 4.79 Å². The van der Waals surface area contributed by atoms with Gasteiger partial charge in [-0.15, -0.1) is 0 Å². The molecule has 2 amide bonds. The van der Waals surface area contributed by atoms with Crippen LogP contribution in [-0.2, 0) is 16.1 Å². The number of fused-ring (bicyclic) bond motifs is 4. The zero-order chi connectivity index (χ0) is 19.7. The van der Waals surface area contributed by atoms with E-state index in [1.54, 1.807) is 29.2 Å². The SMILES string of the molecule is COC(=O)[C@H](NC(=O)N1C[C@@H]2C[C@@H](C1)c1cccc(=O)n1C2)c1ccccc1. The molecule has 7 heteroatoms. The second-order valence-corrected chi connectivity index (χ2v) is 7.42. The van der Waals surface area contributed by atoms with Crippen molar-refractivity contribution in [3.63, 3.8) is 0 Å². The summed E-state index contributed by atoms with van der Waals surface area (Å²) in [5.41, 5.74) is 1.67. The van der Waals surface area contributed by atoms with E-state index in [0.29, 0.717) is 25.2 Å². The molecule has 1 saturated heterocycles. The van der Waals surface area contributed by atoms with E-state index in [4.69, 9.17) is 4.74 Å². The molecule has 0 aliphatic carbocycles. The molecule has 3 atom stereocenters. The summed E-state index contributed by atoms with van der Waals surface area (Å²) in [6.07, 6.45) is 0.965. The molecule has 28 heavy (non-hydrogen) atoms. The molecule has 0 saturated carbocycles. The Hall–Kier alpha value is -3.09. The molecule has 0 spiro atoms. The van der Waals surface area contributed by atoms with Gasteiger partial charge in [-0.1, -0.05) is 36.4 Å². The summed E-state index contributed by atoms with van der Waals surface area (Å²) in [5.74, 6) is -0.153. The predicted octanol–water partition coefficient (Wildman–Crippen LogP) is 1.89. The highest BCUT2D eigenvalue weighted by Crippen LogP contribution is 2.35. The Labute approximate surface area is 162 Å². The highest BCUT2D eigenvalue weighted by atomic mass is 16.5. The van der Waals surface area contributed by atoms with Gasteiger partial charge in [0, 0.05) is 37.3 Å². The largest absolute Gasteiger partial charge is 0.467 e. The standard InChI is InChI=1S/C21H23N3O4/c1-28-20(26)19(15-6-3-2-4-7-15)22-21(27)23-11-14-10-16(13-23)17-8-5-9-18(25)24(17)12-14/h2-9,14,16,19H,10-13H2,1H3,(H,22,27)/t14-,16-,19+/m0/s1. The Morgan fingerprint density at radius 1 is 1.07 bits per heavy atom. The number of nitrogens with zero attached hydrogens (tertiary/aromatic N) is 2. The highest BCUT2D eigenvalue weighted by molar-refractivity contribution is 5.84. The van der Waals surface area contributed by atoms with E-state index >= 15 is 0 Å². The second kappa shape index (κ2) is 7.50. The Kier molecular flexibility index (Phi) is 4.90. The number of nitrogens with one attached hydrogen (secondary N) is 1. The summed E-state index contributed by atoms with van der Waals surface area (Å²) >= 11 is 0. The Bertz CT molecular complexity index is 940. The molecule has 4 rings (SSSR count). The molecule has 2 aliphatic rings. The fraction of sp³-hybridized carbons (Fsp3) is 0.381. The number of hydrogen-bond acceptors (Lipinski definition) is 4. The number of likely N-dealkylation sites (tertiary alicyclic amines) is 1. The third kappa shape index (κ3) is 3.40. The average molecular weight is 381 g/mol. The number of rotatable bonds is 3. The van der Waals surface area contributed by atoms with E-state index in [0.717, 1.165) is 12.1 Å². The number of urea groups is 1. The van der Waals surface area contributed by atoms with Crippen molar-refractivity contribution in [2.45, 2.75) is 24.9 Å². The summed E-state index contributed by atoms with van der Waals surface area (Å²) in [4.78, 5) is 39.1. The van der Waals surface area contributed by atoms with Crippen LogP contribution in [0, 0.1) is 5.92 Å². The molecule has 1 N–H and O–H groups in total. The van der Waals surface area contributed by atoms with Crippen LogP contribution >= 0.6 is 0 Å². The van der Waals surface area contributed by atoms with Crippen molar-refractivity contribution in [1.82, 2.24) is 14.8 Å². The number of aromatic nitrogens is 1. The van der Waals surface area contributed by atoms with Gasteiger partial charge < -0.3 is 19.5 Å². The number of carbonyl (C=O) groups excluding carboxylic acids is 2. The van der Waals surface area contributed by atoms with Gasteiger partial charge in [-0.05, 0) is 24.0 Å². The Balaban J connectivity index is 1.53. The number of benzene rings is 1. The van der Waals surface area contributed by atoms with Crippen LogP contribution in [0.5, 0.6) is 0 Å². The van der Waals surface area contributed by atoms with Gasteiger partial charge in [0.2, 0.25) is 0 Å². The fourth-order valence-electron chi connectivity index (χ4n) is 4.32. The number of pyridine rings is 1. The van der Waals surface area contributed by atoms with E-state index in [9.17, 15) is 14.4 Å². The summed E-state index contributed by atoms with van der Waals surface area (Å²) < 4.78 is 6.71. The van der Waals surface area contributed by atoms with E-state index < -0.39 is 12.0 Å². The number of piperidine rings is 1. The summed E-state index contributed by atoms with van der Waals surface area (Å²) in [6, 6.07) is 13.2. The maximum Gasteiger partial charge on any atom is 0.333 e. The van der Waals surface area contributed by atoms with Crippen molar-refractivity contribution in [2.75, 3.05) is 20.2 Å². The quantitative estimate of drug-likeness (QED) is 0.824. The molecule has 2 aromatic rings. The number of esters is 1. The molecule has 1 aromatic carbocycles. The summed E-state index contributed by atoms with van der Waals surface area (Å²) in [5, 5.41) is 2.82. The molecule has 1 aromatic heterocycles. The minimum Gasteiger partial charge on any atom is -0.467 e. The molecule has 0 radical (unpaired) electrons. The van der Waals surface area contributed by atoms with Crippen molar-refractivity contribution < 1.29 is 14.3 Å². The molecule has 2 aliphatic heterocycles. The first-order valence-corrected chi connectivity index (χ1v) is 9.44. The van der Waals surface area contributed by atoms with Gasteiger partial charge in [0.1, 0.15) is 0 Å². The smallest absolute Gasteiger partial charge is 0.333 e. The van der Waals surface area contributed by atoms with Gasteiger partial charge in [0.25, 0.3) is 5.56 Å². The van der Waals surface area contributed by atoms with Crippen molar-refractivity contribution in [2.24, 2.45) is 5.92 Å². The molecule has 2 bridgehead atoms. The number of hydrogen-bond donors (Lipinski definition) is 1. The van der Waals surface area contributed by atoms with Crippen molar-refractivity contribution in [3.05, 3.63) is 70.1 Å². The van der Waals surface area contributed by atoms with Crippen LogP contribution in [0.3, 0.4) is 0 Å². The number of ether oxygens (including phenoxy) is 1. The number of amides is 2. The van der Waals surface area contributed by atoms with Crippen LogP contribution in [0.2, 0.25) is 0 Å². The molecular weight excluding hydrogens is 358 g/mol. The van der Waals surface area contributed by atoms with E-state index in [2.05, 4.69) is 5.32 Å². The predicted molar refractivity (Wildman–Crippen MR) is 103 cm³/mol. The molecular formula is C21H23N3O4. The van der Waals surface area contributed by atoms with Gasteiger partial charge in [-0.2, -0.15) is 0 Å². The summed E-state index contributed by atoms with van der Waals surface area (Å²) in [6.45, 7) is 1.70. The molecule has 1 fully saturated rings.